The third kappa shape index (κ3) is 2.09. The zero-order chi connectivity index (χ0) is 10.9. The predicted octanol–water partition coefficient (Wildman–Crippen LogP) is 1.09. The van der Waals surface area contributed by atoms with Crippen LogP contribution in [0.3, 0.4) is 0 Å². The van der Waals surface area contributed by atoms with Crippen LogP contribution in [0, 0.1) is 5.92 Å². The maximum absolute atomic E-state index is 11.4. The van der Waals surface area contributed by atoms with Gasteiger partial charge in [0.1, 0.15) is 0 Å². The summed E-state index contributed by atoms with van der Waals surface area (Å²) in [7, 11) is 0. The molecule has 0 unspecified atom stereocenters. The van der Waals surface area contributed by atoms with Crippen LogP contribution in [-0.2, 0) is 4.79 Å². The van der Waals surface area contributed by atoms with Crippen molar-refractivity contribution in [1.82, 2.24) is 4.90 Å². The van der Waals surface area contributed by atoms with Crippen molar-refractivity contribution in [1.29, 1.82) is 0 Å². The molecule has 1 saturated heterocycles. The highest BCUT2D eigenvalue weighted by atomic mass is 32.2. The largest absolute Gasteiger partial charge is 0.391 e. The Bertz CT molecular complexity index is 228. The van der Waals surface area contributed by atoms with Gasteiger partial charge in [-0.15, -0.1) is 0 Å². The summed E-state index contributed by atoms with van der Waals surface area (Å²) in [5.41, 5.74) is 0. The number of hydrogen-bond acceptors (Lipinski definition) is 4. The molecule has 4 nitrogen and oxygen atoms in total. The van der Waals surface area contributed by atoms with E-state index in [2.05, 4.69) is 0 Å². The highest BCUT2D eigenvalue weighted by Crippen LogP contribution is 2.26. The molecular weight excluding hydrogens is 202 g/mol. The molecular formula is C9H15NO3S. The van der Waals surface area contributed by atoms with Crippen LogP contribution in [0.2, 0.25) is 0 Å². The van der Waals surface area contributed by atoms with Crippen molar-refractivity contribution in [3.63, 3.8) is 0 Å². The number of rotatable bonds is 3. The number of amides is 2. The Morgan fingerprint density at radius 3 is 2.21 bits per heavy atom. The van der Waals surface area contributed by atoms with Gasteiger partial charge in [-0.1, -0.05) is 25.6 Å². The van der Waals surface area contributed by atoms with E-state index in [9.17, 15) is 14.7 Å². The van der Waals surface area contributed by atoms with Crippen molar-refractivity contribution in [2.24, 2.45) is 5.92 Å². The molecule has 0 spiro atoms. The van der Waals surface area contributed by atoms with Crippen LogP contribution in [0.5, 0.6) is 0 Å². The lowest BCUT2D eigenvalue weighted by molar-refractivity contribution is -0.129. The minimum Gasteiger partial charge on any atom is -0.391 e. The van der Waals surface area contributed by atoms with E-state index in [0.717, 1.165) is 11.8 Å². The first kappa shape index (κ1) is 11.5. The standard InChI is InChI=1S/C9H15NO3S/c1-5(2)8(6(3)11)10-7(12)4-14-9(10)13/h5-6,8,11H,4H2,1-3H3/t6-,8-/m0/s1. The molecule has 5 heteroatoms. The number of thioether (sulfide) groups is 1. The first-order chi connectivity index (χ1) is 6.45. The Morgan fingerprint density at radius 1 is 1.36 bits per heavy atom. The molecule has 1 aliphatic rings. The van der Waals surface area contributed by atoms with Gasteiger partial charge in [0.2, 0.25) is 5.91 Å². The van der Waals surface area contributed by atoms with E-state index in [4.69, 9.17) is 0 Å². The molecule has 1 aliphatic heterocycles. The smallest absolute Gasteiger partial charge is 0.289 e. The number of nitrogens with zero attached hydrogens (tertiary/aromatic N) is 1. The fourth-order valence-corrected chi connectivity index (χ4v) is 2.47. The van der Waals surface area contributed by atoms with Crippen molar-refractivity contribution in [3.05, 3.63) is 0 Å². The van der Waals surface area contributed by atoms with Gasteiger partial charge in [0.25, 0.3) is 5.24 Å². The average molecular weight is 217 g/mol. The SMILES string of the molecule is CC(C)[C@@H]([C@H](C)O)N1C(=O)CSC1=O. The topological polar surface area (TPSA) is 57.6 Å². The number of imide groups is 1. The molecule has 0 bridgehead atoms. The van der Waals surface area contributed by atoms with Crippen LogP contribution in [0.25, 0.3) is 0 Å². The lowest BCUT2D eigenvalue weighted by atomic mass is 9.98. The third-order valence-electron chi connectivity index (χ3n) is 2.26. The van der Waals surface area contributed by atoms with Gasteiger partial charge in [-0.05, 0) is 12.8 Å². The zero-order valence-electron chi connectivity index (χ0n) is 8.56. The first-order valence-electron chi connectivity index (χ1n) is 4.62. The molecule has 2 atom stereocenters. The summed E-state index contributed by atoms with van der Waals surface area (Å²) in [4.78, 5) is 24.0. The van der Waals surface area contributed by atoms with Crippen LogP contribution in [-0.4, -0.2) is 39.1 Å². The Balaban J connectivity index is 2.87. The van der Waals surface area contributed by atoms with Gasteiger partial charge in [0, 0.05) is 0 Å². The van der Waals surface area contributed by atoms with Gasteiger partial charge in [0.05, 0.1) is 17.9 Å². The van der Waals surface area contributed by atoms with Crippen LogP contribution < -0.4 is 0 Å². The normalized spacial score (nSPS) is 21.9. The lowest BCUT2D eigenvalue weighted by Crippen LogP contribution is -2.48. The summed E-state index contributed by atoms with van der Waals surface area (Å²) >= 11 is 1.00. The van der Waals surface area contributed by atoms with E-state index < -0.39 is 12.1 Å². The number of carbonyl (C=O) groups excluding carboxylic acids is 2. The second-order valence-electron chi connectivity index (χ2n) is 3.79. The molecule has 0 saturated carbocycles. The van der Waals surface area contributed by atoms with Crippen molar-refractivity contribution in [2.75, 3.05) is 5.75 Å². The van der Waals surface area contributed by atoms with Gasteiger partial charge >= 0.3 is 0 Å². The van der Waals surface area contributed by atoms with Gasteiger partial charge < -0.3 is 5.11 Å². The van der Waals surface area contributed by atoms with Gasteiger partial charge in [-0.3, -0.25) is 14.5 Å². The quantitative estimate of drug-likeness (QED) is 0.768. The summed E-state index contributed by atoms with van der Waals surface area (Å²) in [6.07, 6.45) is -0.679. The summed E-state index contributed by atoms with van der Waals surface area (Å²) < 4.78 is 0. The van der Waals surface area contributed by atoms with Crippen LogP contribution in [0.15, 0.2) is 0 Å². The molecule has 1 N–H and O–H groups in total. The zero-order valence-corrected chi connectivity index (χ0v) is 9.37. The first-order valence-corrected chi connectivity index (χ1v) is 5.60. The molecule has 0 aromatic heterocycles. The highest BCUT2D eigenvalue weighted by Gasteiger charge is 2.39. The van der Waals surface area contributed by atoms with Crippen LogP contribution >= 0.6 is 11.8 Å². The van der Waals surface area contributed by atoms with Crippen molar-refractivity contribution in [2.45, 2.75) is 32.9 Å². The number of carbonyl (C=O) groups is 2. The molecule has 0 aromatic carbocycles. The monoisotopic (exact) mass is 217 g/mol. The van der Waals surface area contributed by atoms with Crippen molar-refractivity contribution in [3.8, 4) is 0 Å². The Labute approximate surface area is 87.7 Å². The molecule has 2 amide bonds. The second-order valence-corrected chi connectivity index (χ2v) is 4.72. The fraction of sp³-hybridized carbons (Fsp3) is 0.778. The minimum atomic E-state index is -0.679. The Kier molecular flexibility index (Phi) is 3.55. The number of hydrogen-bond donors (Lipinski definition) is 1. The van der Waals surface area contributed by atoms with Crippen LogP contribution in [0.4, 0.5) is 4.79 Å². The van der Waals surface area contributed by atoms with E-state index >= 15 is 0 Å². The van der Waals surface area contributed by atoms with E-state index in [-0.39, 0.29) is 22.8 Å². The predicted molar refractivity (Wildman–Crippen MR) is 55.0 cm³/mol. The lowest BCUT2D eigenvalue weighted by Gasteiger charge is -2.31. The Morgan fingerprint density at radius 2 is 1.93 bits per heavy atom. The van der Waals surface area contributed by atoms with E-state index in [0.29, 0.717) is 0 Å². The highest BCUT2D eigenvalue weighted by molar-refractivity contribution is 8.14. The van der Waals surface area contributed by atoms with Gasteiger partial charge in [-0.2, -0.15) is 0 Å². The number of aliphatic hydroxyl groups is 1. The second kappa shape index (κ2) is 4.31. The molecule has 1 heterocycles. The summed E-state index contributed by atoms with van der Waals surface area (Å²) in [6, 6.07) is -0.398. The third-order valence-corrected chi connectivity index (χ3v) is 3.09. The molecule has 0 aromatic rings. The van der Waals surface area contributed by atoms with Gasteiger partial charge in [-0.25, -0.2) is 0 Å². The molecule has 1 fully saturated rings. The minimum absolute atomic E-state index is 0.0709. The Hall–Kier alpha value is -0.550. The van der Waals surface area contributed by atoms with E-state index in [1.165, 1.54) is 4.90 Å². The molecule has 0 radical (unpaired) electrons. The molecule has 1 rings (SSSR count). The number of aliphatic hydroxyl groups excluding tert-OH is 1. The summed E-state index contributed by atoms with van der Waals surface area (Å²) in [6.45, 7) is 5.38. The molecule has 14 heavy (non-hydrogen) atoms. The molecule has 0 aliphatic carbocycles. The van der Waals surface area contributed by atoms with Crippen LogP contribution in [0.1, 0.15) is 20.8 Å². The average Bonchev–Trinajstić information content (AvgIpc) is 2.34. The van der Waals surface area contributed by atoms with Crippen molar-refractivity contribution >= 4 is 22.9 Å². The van der Waals surface area contributed by atoms with Crippen molar-refractivity contribution < 1.29 is 14.7 Å². The van der Waals surface area contributed by atoms with Gasteiger partial charge in [0.15, 0.2) is 0 Å². The van der Waals surface area contributed by atoms with E-state index in [1.807, 2.05) is 13.8 Å². The molecule has 80 valence electrons. The summed E-state index contributed by atoms with van der Waals surface area (Å²) in [5.74, 6) is 0.0793. The van der Waals surface area contributed by atoms with E-state index in [1.54, 1.807) is 6.92 Å². The maximum atomic E-state index is 11.4. The summed E-state index contributed by atoms with van der Waals surface area (Å²) in [5, 5.41) is 9.28. The fourth-order valence-electron chi connectivity index (χ4n) is 1.72. The maximum Gasteiger partial charge on any atom is 0.289 e.